The molecule has 0 aliphatic carbocycles. The second-order valence-corrected chi connectivity index (χ2v) is 10.3. The van der Waals surface area contributed by atoms with Crippen LogP contribution in [0.15, 0.2) is 47.4 Å². The van der Waals surface area contributed by atoms with Gasteiger partial charge in [-0.05, 0) is 42.5 Å². The molecule has 1 aliphatic heterocycles. The van der Waals surface area contributed by atoms with Crippen molar-refractivity contribution in [2.24, 2.45) is 0 Å². The molecule has 190 valence electrons. The Bertz CT molecular complexity index is 1180. The largest absolute Gasteiger partial charge is 0.497 e. The molecule has 0 fully saturated rings. The summed E-state index contributed by atoms with van der Waals surface area (Å²) in [5, 5.41) is 2.21. The number of carbonyl (C=O) groups is 5. The van der Waals surface area contributed by atoms with Crippen LogP contribution in [0.5, 0.6) is 5.75 Å². The van der Waals surface area contributed by atoms with Crippen molar-refractivity contribution in [1.29, 1.82) is 0 Å². The van der Waals surface area contributed by atoms with E-state index in [4.69, 9.17) is 4.74 Å². The van der Waals surface area contributed by atoms with E-state index in [1.807, 2.05) is 13.2 Å². The molecule has 2 aromatic rings. The van der Waals surface area contributed by atoms with Gasteiger partial charge in [-0.3, -0.25) is 34.2 Å². The van der Waals surface area contributed by atoms with Crippen LogP contribution in [0.2, 0.25) is 0 Å². The van der Waals surface area contributed by atoms with Crippen LogP contribution in [0.3, 0.4) is 0 Å². The normalized spacial score (nSPS) is 14.3. The number of rotatable bonds is 10. The summed E-state index contributed by atoms with van der Waals surface area (Å²) in [5.74, 6) is -2.01. The Morgan fingerprint density at radius 3 is 2.31 bits per heavy atom. The van der Waals surface area contributed by atoms with Crippen LogP contribution in [-0.4, -0.2) is 58.8 Å². The van der Waals surface area contributed by atoms with Crippen LogP contribution >= 0.6 is 23.5 Å². The van der Waals surface area contributed by atoms with Crippen molar-refractivity contribution < 1.29 is 28.7 Å². The van der Waals surface area contributed by atoms with Gasteiger partial charge in [0, 0.05) is 17.6 Å². The van der Waals surface area contributed by atoms with Gasteiger partial charge in [0.25, 0.3) is 11.8 Å². The Kier molecular flexibility index (Phi) is 9.33. The van der Waals surface area contributed by atoms with Crippen molar-refractivity contribution in [1.82, 2.24) is 10.2 Å². The smallest absolute Gasteiger partial charge is 0.263 e. The Hall–Kier alpha value is -3.11. The summed E-state index contributed by atoms with van der Waals surface area (Å²) in [6, 6.07) is 10.6. The molecule has 0 spiro atoms. The van der Waals surface area contributed by atoms with E-state index in [9.17, 15) is 24.0 Å². The van der Waals surface area contributed by atoms with Crippen molar-refractivity contribution in [3.8, 4) is 5.75 Å². The number of imide groups is 2. The van der Waals surface area contributed by atoms with E-state index in [0.717, 1.165) is 16.7 Å². The molecule has 0 saturated heterocycles. The topological polar surface area (TPSA) is 110 Å². The van der Waals surface area contributed by atoms with Gasteiger partial charge in [0.2, 0.25) is 11.8 Å². The maximum Gasteiger partial charge on any atom is 0.263 e. The van der Waals surface area contributed by atoms with E-state index >= 15 is 0 Å². The summed E-state index contributed by atoms with van der Waals surface area (Å²) in [7, 11) is 1.55. The van der Waals surface area contributed by atoms with Crippen molar-refractivity contribution in [3.05, 3.63) is 59.2 Å². The number of thioether (sulfide) groups is 2. The standard InChI is InChI=1S/C26H28N2O6S2/c1-5-7-20(28-25(32)18-8-6-9-21(36-15(2)29)22(18)26(28)33)24(31)27-23(30)19(14-35-4)16-10-12-17(34-3)13-11-16/h6,8-13,19-20H,5,7,14H2,1-4H3,(H,27,30,31). The predicted molar refractivity (Wildman–Crippen MR) is 139 cm³/mol. The zero-order valence-corrected chi connectivity index (χ0v) is 22.2. The Morgan fingerprint density at radius 1 is 1.03 bits per heavy atom. The number of methoxy groups -OCH3 is 1. The molecular formula is C26H28N2O6S2. The van der Waals surface area contributed by atoms with E-state index in [-0.39, 0.29) is 22.7 Å². The van der Waals surface area contributed by atoms with Crippen molar-refractivity contribution in [2.45, 2.75) is 43.5 Å². The molecule has 2 atom stereocenters. The molecule has 2 aromatic carbocycles. The lowest BCUT2D eigenvalue weighted by Crippen LogP contribution is -2.51. The molecule has 1 N–H and O–H groups in total. The van der Waals surface area contributed by atoms with E-state index in [2.05, 4.69) is 5.32 Å². The fraction of sp³-hybridized carbons (Fsp3) is 0.346. The molecule has 4 amide bonds. The average Bonchev–Trinajstić information content (AvgIpc) is 3.11. The van der Waals surface area contributed by atoms with E-state index in [1.165, 1.54) is 24.8 Å². The lowest BCUT2D eigenvalue weighted by atomic mass is 9.99. The summed E-state index contributed by atoms with van der Waals surface area (Å²) in [6.07, 6.45) is 2.55. The number of fused-ring (bicyclic) bond motifs is 1. The van der Waals surface area contributed by atoms with Crippen LogP contribution in [0, 0.1) is 0 Å². The summed E-state index contributed by atoms with van der Waals surface area (Å²) in [4.78, 5) is 66.0. The van der Waals surface area contributed by atoms with E-state index in [1.54, 1.807) is 43.5 Å². The molecule has 0 aromatic heterocycles. The van der Waals surface area contributed by atoms with Gasteiger partial charge in [-0.1, -0.05) is 43.3 Å². The molecule has 2 unspecified atom stereocenters. The first-order valence-electron chi connectivity index (χ1n) is 11.4. The third-order valence-electron chi connectivity index (χ3n) is 5.75. The molecule has 36 heavy (non-hydrogen) atoms. The fourth-order valence-corrected chi connectivity index (χ4v) is 5.50. The molecule has 0 bridgehead atoms. The van der Waals surface area contributed by atoms with Gasteiger partial charge in [0.15, 0.2) is 5.12 Å². The highest BCUT2D eigenvalue weighted by atomic mass is 32.2. The highest BCUT2D eigenvalue weighted by molar-refractivity contribution is 8.13. The Labute approximate surface area is 218 Å². The average molecular weight is 529 g/mol. The second-order valence-electron chi connectivity index (χ2n) is 8.19. The van der Waals surface area contributed by atoms with Gasteiger partial charge in [-0.25, -0.2) is 0 Å². The van der Waals surface area contributed by atoms with Crippen LogP contribution in [0.1, 0.15) is 58.9 Å². The minimum atomic E-state index is -1.16. The van der Waals surface area contributed by atoms with Gasteiger partial charge >= 0.3 is 0 Å². The van der Waals surface area contributed by atoms with Gasteiger partial charge in [0.1, 0.15) is 11.8 Å². The number of benzene rings is 2. The first kappa shape index (κ1) is 27.5. The molecule has 0 saturated carbocycles. The van der Waals surface area contributed by atoms with Crippen LogP contribution in [0.4, 0.5) is 0 Å². The lowest BCUT2D eigenvalue weighted by Gasteiger charge is -2.26. The molecule has 10 heteroatoms. The van der Waals surface area contributed by atoms with Gasteiger partial charge < -0.3 is 4.74 Å². The second kappa shape index (κ2) is 12.2. The minimum absolute atomic E-state index is 0.112. The van der Waals surface area contributed by atoms with Crippen LogP contribution in [-0.2, 0) is 14.4 Å². The first-order chi connectivity index (χ1) is 17.2. The maximum absolute atomic E-state index is 13.3. The number of ether oxygens (including phenoxy) is 1. The lowest BCUT2D eigenvalue weighted by molar-refractivity contribution is -0.133. The fourth-order valence-electron chi connectivity index (χ4n) is 4.06. The molecule has 1 heterocycles. The van der Waals surface area contributed by atoms with Crippen molar-refractivity contribution >= 4 is 52.3 Å². The van der Waals surface area contributed by atoms with Crippen molar-refractivity contribution in [2.75, 3.05) is 19.1 Å². The third kappa shape index (κ3) is 5.82. The monoisotopic (exact) mass is 528 g/mol. The number of hydrogen-bond donors (Lipinski definition) is 1. The van der Waals surface area contributed by atoms with Gasteiger partial charge in [-0.15, -0.1) is 0 Å². The maximum atomic E-state index is 13.3. The van der Waals surface area contributed by atoms with E-state index in [0.29, 0.717) is 28.4 Å². The quantitative estimate of drug-likeness (QED) is 0.365. The molecular weight excluding hydrogens is 500 g/mol. The van der Waals surface area contributed by atoms with Crippen LogP contribution < -0.4 is 10.1 Å². The summed E-state index contributed by atoms with van der Waals surface area (Å²) < 4.78 is 5.18. The van der Waals surface area contributed by atoms with Crippen LogP contribution in [0.25, 0.3) is 0 Å². The number of nitrogens with one attached hydrogen (secondary N) is 1. The number of nitrogens with zero attached hydrogens (tertiary/aromatic N) is 1. The highest BCUT2D eigenvalue weighted by Crippen LogP contribution is 2.34. The highest BCUT2D eigenvalue weighted by Gasteiger charge is 2.44. The Morgan fingerprint density at radius 2 is 1.72 bits per heavy atom. The summed E-state index contributed by atoms with van der Waals surface area (Å²) in [5.41, 5.74) is 0.973. The van der Waals surface area contributed by atoms with Gasteiger partial charge in [-0.2, -0.15) is 11.8 Å². The molecule has 8 nitrogen and oxygen atoms in total. The van der Waals surface area contributed by atoms with E-state index < -0.39 is 35.6 Å². The Balaban J connectivity index is 1.86. The molecule has 1 aliphatic rings. The summed E-state index contributed by atoms with van der Waals surface area (Å²) in [6.45, 7) is 3.20. The van der Waals surface area contributed by atoms with Crippen molar-refractivity contribution in [3.63, 3.8) is 0 Å². The third-order valence-corrected chi connectivity index (χ3v) is 7.27. The minimum Gasteiger partial charge on any atom is -0.497 e. The SMILES string of the molecule is CCCC(C(=O)NC(=O)C(CSC)c1ccc(OC)cc1)N1C(=O)c2cccc(SC(C)=O)c2C1=O. The zero-order chi connectivity index (χ0) is 26.4. The summed E-state index contributed by atoms with van der Waals surface area (Å²) >= 11 is 2.32. The first-order valence-corrected chi connectivity index (χ1v) is 13.6. The number of carbonyl (C=O) groups excluding carboxylic acids is 5. The van der Waals surface area contributed by atoms with Gasteiger partial charge in [0.05, 0.1) is 24.2 Å². The zero-order valence-electron chi connectivity index (χ0n) is 20.5. The predicted octanol–water partition coefficient (Wildman–Crippen LogP) is 3.89. The molecule has 3 rings (SSSR count). The molecule has 0 radical (unpaired) electrons. The number of amides is 4. The number of hydrogen-bond acceptors (Lipinski definition) is 8.